The van der Waals surface area contributed by atoms with E-state index in [1.54, 1.807) is 17.7 Å². The maximum absolute atomic E-state index is 12.2. The zero-order chi connectivity index (χ0) is 18.9. The molecule has 1 aliphatic rings. The molecule has 8 heteroatoms. The van der Waals surface area contributed by atoms with Crippen molar-refractivity contribution in [2.24, 2.45) is 0 Å². The molecule has 0 unspecified atom stereocenters. The fourth-order valence-electron chi connectivity index (χ4n) is 3.72. The Kier molecular flexibility index (Phi) is 4.74. The third-order valence-electron chi connectivity index (χ3n) is 5.09. The van der Waals surface area contributed by atoms with Crippen molar-refractivity contribution in [3.05, 3.63) is 42.0 Å². The zero-order valence-corrected chi connectivity index (χ0v) is 16.8. The minimum atomic E-state index is 0.0585. The van der Waals surface area contributed by atoms with Gasteiger partial charge in [0.2, 0.25) is 5.91 Å². The average molecular weight is 410 g/mol. The maximum Gasteiger partial charge on any atom is 0.230 e. The van der Waals surface area contributed by atoms with Gasteiger partial charge in [0, 0.05) is 17.0 Å². The predicted octanol–water partition coefficient (Wildman–Crippen LogP) is 4.16. The number of carbonyl (C=O) groups is 1. The lowest BCUT2D eigenvalue weighted by Crippen LogP contribution is -2.33. The molecule has 1 aliphatic carbocycles. The van der Waals surface area contributed by atoms with E-state index in [1.165, 1.54) is 24.6 Å². The molecule has 0 bridgehead atoms. The molecule has 1 aromatic carbocycles. The summed E-state index contributed by atoms with van der Waals surface area (Å²) in [5.41, 5.74) is 3.03. The van der Waals surface area contributed by atoms with Crippen LogP contribution in [-0.2, 0) is 4.79 Å². The lowest BCUT2D eigenvalue weighted by molar-refractivity contribution is -0.119. The molecule has 0 aliphatic heterocycles. The summed E-state index contributed by atoms with van der Waals surface area (Å²) in [6.07, 6.45) is 6.34. The quantitative estimate of drug-likeness (QED) is 0.501. The Bertz CT molecular complexity index is 1130. The Balaban J connectivity index is 1.43. The number of thioether (sulfide) groups is 1. The van der Waals surface area contributed by atoms with Gasteiger partial charge in [0.05, 0.1) is 11.1 Å². The molecule has 3 aromatic heterocycles. The molecular formula is C20H19N5OS2. The van der Waals surface area contributed by atoms with Gasteiger partial charge in [0.15, 0.2) is 10.8 Å². The summed E-state index contributed by atoms with van der Waals surface area (Å²) >= 11 is 3.01. The smallest absolute Gasteiger partial charge is 0.230 e. The Labute approximate surface area is 170 Å². The monoisotopic (exact) mass is 409 g/mol. The highest BCUT2D eigenvalue weighted by Gasteiger charge is 2.19. The highest BCUT2D eigenvalue weighted by Crippen LogP contribution is 2.35. The van der Waals surface area contributed by atoms with Crippen molar-refractivity contribution in [1.29, 1.82) is 0 Å². The van der Waals surface area contributed by atoms with Gasteiger partial charge in [-0.3, -0.25) is 9.20 Å². The summed E-state index contributed by atoms with van der Waals surface area (Å²) in [4.78, 5) is 17.8. The lowest BCUT2D eigenvalue weighted by atomic mass is 10.1. The molecule has 0 saturated heterocycles. The van der Waals surface area contributed by atoms with Crippen LogP contribution in [0.4, 0.5) is 0 Å². The van der Waals surface area contributed by atoms with Gasteiger partial charge in [0.25, 0.3) is 0 Å². The van der Waals surface area contributed by atoms with Gasteiger partial charge < -0.3 is 5.32 Å². The topological polar surface area (TPSA) is 72.2 Å². The Morgan fingerprint density at radius 1 is 1.21 bits per heavy atom. The van der Waals surface area contributed by atoms with E-state index in [0.29, 0.717) is 17.0 Å². The van der Waals surface area contributed by atoms with E-state index in [1.807, 2.05) is 22.6 Å². The van der Waals surface area contributed by atoms with E-state index in [4.69, 9.17) is 0 Å². The Morgan fingerprint density at radius 3 is 2.86 bits per heavy atom. The van der Waals surface area contributed by atoms with Crippen molar-refractivity contribution in [3.8, 4) is 11.1 Å². The Hall–Kier alpha value is -2.45. The predicted molar refractivity (Wildman–Crippen MR) is 113 cm³/mol. The van der Waals surface area contributed by atoms with Crippen LogP contribution >= 0.6 is 23.1 Å². The van der Waals surface area contributed by atoms with Crippen molar-refractivity contribution < 1.29 is 4.79 Å². The molecule has 0 spiro atoms. The van der Waals surface area contributed by atoms with Gasteiger partial charge >= 0.3 is 0 Å². The number of rotatable bonds is 5. The molecule has 28 heavy (non-hydrogen) atoms. The second-order valence-electron chi connectivity index (χ2n) is 6.95. The van der Waals surface area contributed by atoms with Crippen LogP contribution < -0.4 is 5.32 Å². The minimum absolute atomic E-state index is 0.0585. The molecular weight excluding hydrogens is 390 g/mol. The number of hydrogen-bond acceptors (Lipinski definition) is 6. The maximum atomic E-state index is 12.2. The van der Waals surface area contributed by atoms with Gasteiger partial charge in [-0.15, -0.1) is 21.5 Å². The standard InChI is InChI=1S/C20H19N5OS2/c26-16(22-14-8-4-5-9-14)11-28-20-24-23-18-17-15(13-6-2-1-3-7-13)10-27-19(17)21-12-25(18)20/h1-3,6-7,10,12,14H,4-5,8-9,11H2,(H,22,26). The first kappa shape index (κ1) is 17.6. The van der Waals surface area contributed by atoms with Crippen LogP contribution in [0.3, 0.4) is 0 Å². The number of amides is 1. The molecule has 1 amide bonds. The van der Waals surface area contributed by atoms with Crippen molar-refractivity contribution in [3.63, 3.8) is 0 Å². The molecule has 1 saturated carbocycles. The number of nitrogens with zero attached hydrogens (tertiary/aromatic N) is 4. The van der Waals surface area contributed by atoms with Gasteiger partial charge in [0.1, 0.15) is 11.2 Å². The van der Waals surface area contributed by atoms with Crippen molar-refractivity contribution >= 4 is 44.9 Å². The van der Waals surface area contributed by atoms with E-state index >= 15 is 0 Å². The van der Waals surface area contributed by atoms with Crippen molar-refractivity contribution in [2.75, 3.05) is 5.75 Å². The fourth-order valence-corrected chi connectivity index (χ4v) is 5.34. The fraction of sp³-hybridized carbons (Fsp3) is 0.300. The van der Waals surface area contributed by atoms with Gasteiger partial charge in [-0.1, -0.05) is 54.9 Å². The SMILES string of the molecule is O=C(CSc1nnc2c3c(-c4ccccc4)csc3ncn12)NC1CCCC1. The van der Waals surface area contributed by atoms with E-state index in [9.17, 15) is 4.79 Å². The van der Waals surface area contributed by atoms with Crippen LogP contribution in [0.25, 0.3) is 27.0 Å². The van der Waals surface area contributed by atoms with E-state index in [2.05, 4.69) is 38.0 Å². The van der Waals surface area contributed by atoms with E-state index in [-0.39, 0.29) is 5.91 Å². The first-order valence-electron chi connectivity index (χ1n) is 9.38. The van der Waals surface area contributed by atoms with Gasteiger partial charge in [-0.2, -0.15) is 0 Å². The van der Waals surface area contributed by atoms with E-state index in [0.717, 1.165) is 39.8 Å². The number of thiophene rings is 1. The molecule has 1 N–H and O–H groups in total. The normalized spacial score (nSPS) is 14.9. The summed E-state index contributed by atoms with van der Waals surface area (Å²) in [7, 11) is 0. The second-order valence-corrected chi connectivity index (χ2v) is 8.75. The third kappa shape index (κ3) is 3.27. The lowest BCUT2D eigenvalue weighted by Gasteiger charge is -2.10. The molecule has 1 fully saturated rings. The number of hydrogen-bond donors (Lipinski definition) is 1. The molecule has 3 heterocycles. The number of fused-ring (bicyclic) bond motifs is 3. The van der Waals surface area contributed by atoms with E-state index < -0.39 is 0 Å². The number of benzene rings is 1. The average Bonchev–Trinajstić information content (AvgIpc) is 3.46. The molecule has 0 atom stereocenters. The van der Waals surface area contributed by atoms with Crippen molar-refractivity contribution in [1.82, 2.24) is 24.9 Å². The van der Waals surface area contributed by atoms with Crippen LogP contribution in [0.2, 0.25) is 0 Å². The van der Waals surface area contributed by atoms with Crippen LogP contribution in [0, 0.1) is 0 Å². The highest BCUT2D eigenvalue weighted by atomic mass is 32.2. The highest BCUT2D eigenvalue weighted by molar-refractivity contribution is 7.99. The van der Waals surface area contributed by atoms with Gasteiger partial charge in [-0.05, 0) is 18.4 Å². The molecule has 0 radical (unpaired) electrons. The van der Waals surface area contributed by atoms with Crippen LogP contribution in [0.15, 0.2) is 47.2 Å². The molecule has 142 valence electrons. The first-order valence-corrected chi connectivity index (χ1v) is 11.2. The first-order chi connectivity index (χ1) is 13.8. The largest absolute Gasteiger partial charge is 0.353 e. The summed E-state index contributed by atoms with van der Waals surface area (Å²) in [5.74, 6) is 0.396. The van der Waals surface area contributed by atoms with Crippen molar-refractivity contribution in [2.45, 2.75) is 36.9 Å². The third-order valence-corrected chi connectivity index (χ3v) is 6.92. The number of nitrogens with one attached hydrogen (secondary N) is 1. The van der Waals surface area contributed by atoms with Crippen LogP contribution in [-0.4, -0.2) is 37.3 Å². The number of aromatic nitrogens is 4. The summed E-state index contributed by atoms with van der Waals surface area (Å²) in [6, 6.07) is 10.6. The zero-order valence-electron chi connectivity index (χ0n) is 15.2. The Morgan fingerprint density at radius 2 is 2.04 bits per heavy atom. The van der Waals surface area contributed by atoms with Crippen LogP contribution in [0.1, 0.15) is 25.7 Å². The summed E-state index contributed by atoms with van der Waals surface area (Å²) < 4.78 is 1.88. The van der Waals surface area contributed by atoms with Gasteiger partial charge in [-0.25, -0.2) is 4.98 Å². The summed E-state index contributed by atoms with van der Waals surface area (Å²) in [6.45, 7) is 0. The second kappa shape index (κ2) is 7.52. The molecule has 6 nitrogen and oxygen atoms in total. The summed E-state index contributed by atoms with van der Waals surface area (Å²) in [5, 5.41) is 15.7. The molecule has 5 rings (SSSR count). The molecule has 4 aromatic rings. The number of carbonyl (C=O) groups excluding carboxylic acids is 1. The van der Waals surface area contributed by atoms with Crippen LogP contribution in [0.5, 0.6) is 0 Å². The minimum Gasteiger partial charge on any atom is -0.353 e.